The first-order valence-corrected chi connectivity index (χ1v) is 9.57. The first-order valence-electron chi connectivity index (χ1n) is 6.20. The van der Waals surface area contributed by atoms with Gasteiger partial charge in [0.1, 0.15) is 0 Å². The third-order valence-electron chi connectivity index (χ3n) is 3.30. The highest BCUT2D eigenvalue weighted by molar-refractivity contribution is 7.96. The van der Waals surface area contributed by atoms with E-state index in [2.05, 4.69) is 11.9 Å². The quantitative estimate of drug-likeness (QED) is 0.796. The van der Waals surface area contributed by atoms with E-state index in [4.69, 9.17) is 0 Å². The molecule has 0 amide bonds. The summed E-state index contributed by atoms with van der Waals surface area (Å²) in [5, 5.41) is 1.99. The van der Waals surface area contributed by atoms with Crippen LogP contribution >= 0.6 is 0 Å². The maximum atomic E-state index is 12.6. The van der Waals surface area contributed by atoms with Gasteiger partial charge in [0.25, 0.3) is 0 Å². The van der Waals surface area contributed by atoms with Gasteiger partial charge in [-0.15, -0.1) is 6.58 Å². The predicted molar refractivity (Wildman–Crippen MR) is 78.1 cm³/mol. The van der Waals surface area contributed by atoms with E-state index in [0.717, 1.165) is 0 Å². The Morgan fingerprint density at radius 2 is 1.90 bits per heavy atom. The highest BCUT2D eigenvalue weighted by Crippen LogP contribution is 2.25. The monoisotopic (exact) mass is 315 g/mol. The second-order valence-electron chi connectivity index (χ2n) is 4.78. The lowest BCUT2D eigenvalue weighted by Gasteiger charge is -2.19. The summed E-state index contributed by atoms with van der Waals surface area (Å²) < 4.78 is 48.7. The highest BCUT2D eigenvalue weighted by Gasteiger charge is 2.45. The summed E-state index contributed by atoms with van der Waals surface area (Å²) in [6, 6.07) is 7.36. The maximum Gasteiger partial charge on any atom is 0.183 e. The molecule has 1 aliphatic heterocycles. The van der Waals surface area contributed by atoms with Crippen molar-refractivity contribution in [3.63, 3.8) is 0 Å². The lowest BCUT2D eigenvalue weighted by molar-refractivity contribution is 0.544. The normalized spacial score (nSPS) is 25.4. The Bertz CT molecular complexity index is 680. The summed E-state index contributed by atoms with van der Waals surface area (Å²) in [6.07, 6.45) is 1.58. The minimum atomic E-state index is -3.67. The molecule has 2 rings (SSSR count). The molecule has 1 fully saturated rings. The molecule has 1 saturated heterocycles. The number of sulfone groups is 2. The molecule has 2 atom stereocenters. The van der Waals surface area contributed by atoms with Crippen LogP contribution in [0.4, 0.5) is 0 Å². The Hall–Kier alpha value is -1.18. The van der Waals surface area contributed by atoms with Crippen LogP contribution in [0.3, 0.4) is 0 Å². The van der Waals surface area contributed by atoms with Crippen molar-refractivity contribution in [3.05, 3.63) is 43.0 Å². The second-order valence-corrected chi connectivity index (χ2v) is 9.10. The minimum absolute atomic E-state index is 0.155. The Kier molecular flexibility index (Phi) is 4.31. The maximum absolute atomic E-state index is 12.6. The molecule has 1 aromatic carbocycles. The molecule has 1 aliphatic rings. The Labute approximate surface area is 119 Å². The molecule has 1 N–H and O–H groups in total. The van der Waals surface area contributed by atoms with E-state index in [1.807, 2.05) is 0 Å². The van der Waals surface area contributed by atoms with Crippen molar-refractivity contribution in [2.24, 2.45) is 0 Å². The van der Waals surface area contributed by atoms with Crippen molar-refractivity contribution < 1.29 is 16.8 Å². The molecule has 0 aromatic heterocycles. The van der Waals surface area contributed by atoms with Gasteiger partial charge in [-0.25, -0.2) is 16.8 Å². The van der Waals surface area contributed by atoms with Gasteiger partial charge in [-0.1, -0.05) is 24.3 Å². The van der Waals surface area contributed by atoms with Crippen molar-refractivity contribution in [1.29, 1.82) is 0 Å². The van der Waals surface area contributed by atoms with Crippen LogP contribution in [-0.4, -0.2) is 46.2 Å². The Balaban J connectivity index is 2.36. The van der Waals surface area contributed by atoms with E-state index < -0.39 is 31.0 Å². The third-order valence-corrected chi connectivity index (χ3v) is 7.46. The van der Waals surface area contributed by atoms with Crippen LogP contribution in [0.15, 0.2) is 47.9 Å². The number of hydrogen-bond acceptors (Lipinski definition) is 5. The van der Waals surface area contributed by atoms with Gasteiger partial charge >= 0.3 is 0 Å². The van der Waals surface area contributed by atoms with Crippen LogP contribution in [0, 0.1) is 0 Å². The van der Waals surface area contributed by atoms with E-state index in [1.165, 1.54) is 12.1 Å². The molecular formula is C13H17NO4S2. The van der Waals surface area contributed by atoms with Crippen molar-refractivity contribution in [2.45, 2.75) is 16.2 Å². The summed E-state index contributed by atoms with van der Waals surface area (Å²) in [6.45, 7) is 3.92. The first kappa shape index (κ1) is 15.2. The lowest BCUT2D eigenvalue weighted by atomic mass is 10.2. The number of benzene rings is 1. The average molecular weight is 315 g/mol. The van der Waals surface area contributed by atoms with E-state index >= 15 is 0 Å². The van der Waals surface area contributed by atoms with Crippen LogP contribution in [-0.2, 0) is 19.7 Å². The third kappa shape index (κ3) is 3.11. The Morgan fingerprint density at radius 3 is 2.50 bits per heavy atom. The molecule has 20 heavy (non-hydrogen) atoms. The Morgan fingerprint density at radius 1 is 1.25 bits per heavy atom. The molecule has 7 heteroatoms. The van der Waals surface area contributed by atoms with Crippen molar-refractivity contribution in [3.8, 4) is 0 Å². The van der Waals surface area contributed by atoms with Gasteiger partial charge in [0.2, 0.25) is 0 Å². The van der Waals surface area contributed by atoms with Gasteiger partial charge in [-0.2, -0.15) is 0 Å². The van der Waals surface area contributed by atoms with Crippen LogP contribution in [0.2, 0.25) is 0 Å². The van der Waals surface area contributed by atoms with Crippen molar-refractivity contribution in [2.75, 3.05) is 18.1 Å². The molecule has 0 bridgehead atoms. The predicted octanol–water partition coefficient (Wildman–Crippen LogP) is 0.402. The molecule has 0 spiro atoms. The molecule has 0 unspecified atom stereocenters. The number of rotatable bonds is 5. The van der Waals surface area contributed by atoms with Crippen LogP contribution in [0.25, 0.3) is 0 Å². The summed E-state index contributed by atoms with van der Waals surface area (Å²) in [5.41, 5.74) is 0. The van der Waals surface area contributed by atoms with E-state index in [9.17, 15) is 16.8 Å². The van der Waals surface area contributed by atoms with E-state index in [0.29, 0.717) is 6.54 Å². The summed E-state index contributed by atoms with van der Waals surface area (Å²) in [5.74, 6) is -0.489. The molecule has 5 nitrogen and oxygen atoms in total. The fourth-order valence-corrected chi connectivity index (χ4v) is 7.07. The average Bonchev–Trinajstić information content (AvgIpc) is 2.73. The number of hydrogen-bond donors (Lipinski definition) is 1. The van der Waals surface area contributed by atoms with Gasteiger partial charge in [-0.3, -0.25) is 0 Å². The zero-order valence-electron chi connectivity index (χ0n) is 10.9. The van der Waals surface area contributed by atoms with Gasteiger partial charge in [0, 0.05) is 12.6 Å². The summed E-state index contributed by atoms with van der Waals surface area (Å²) in [7, 11) is -7.01. The molecule has 0 saturated carbocycles. The van der Waals surface area contributed by atoms with Crippen LogP contribution < -0.4 is 5.32 Å². The molecule has 0 radical (unpaired) electrons. The summed E-state index contributed by atoms with van der Waals surface area (Å²) in [4.78, 5) is 0.160. The molecule has 1 aromatic rings. The first-order chi connectivity index (χ1) is 9.37. The minimum Gasteiger partial charge on any atom is -0.308 e. The standard InChI is InChI=1S/C13H17NO4S2/c1-2-8-14-12-9-19(15,16)10-13(12)20(17,18)11-6-4-3-5-7-11/h2-7,12-14H,1,8-10H2/t12-,13-/m0/s1. The van der Waals surface area contributed by atoms with E-state index in [1.54, 1.807) is 24.3 Å². The van der Waals surface area contributed by atoms with Gasteiger partial charge in [0.15, 0.2) is 19.7 Å². The number of nitrogens with one attached hydrogen (secondary N) is 1. The molecule has 0 aliphatic carbocycles. The topological polar surface area (TPSA) is 80.3 Å². The fraction of sp³-hybridized carbons (Fsp3) is 0.385. The highest BCUT2D eigenvalue weighted by atomic mass is 32.2. The second kappa shape index (κ2) is 5.67. The zero-order chi connectivity index (χ0) is 14.8. The van der Waals surface area contributed by atoms with Gasteiger partial charge in [0.05, 0.1) is 21.7 Å². The van der Waals surface area contributed by atoms with E-state index in [-0.39, 0.29) is 16.4 Å². The van der Waals surface area contributed by atoms with Crippen LogP contribution in [0.5, 0.6) is 0 Å². The molecule has 110 valence electrons. The van der Waals surface area contributed by atoms with Gasteiger partial charge in [-0.05, 0) is 12.1 Å². The molecule has 1 heterocycles. The van der Waals surface area contributed by atoms with Crippen LogP contribution in [0.1, 0.15) is 0 Å². The smallest absolute Gasteiger partial charge is 0.183 e. The lowest BCUT2D eigenvalue weighted by Crippen LogP contribution is -2.43. The van der Waals surface area contributed by atoms with Crippen molar-refractivity contribution >= 4 is 19.7 Å². The largest absolute Gasteiger partial charge is 0.308 e. The SMILES string of the molecule is C=CCN[C@H]1CS(=O)(=O)C[C@@H]1S(=O)(=O)c1ccccc1. The zero-order valence-corrected chi connectivity index (χ0v) is 12.5. The fourth-order valence-electron chi connectivity index (χ4n) is 2.33. The molecular weight excluding hydrogens is 298 g/mol. The van der Waals surface area contributed by atoms with Crippen molar-refractivity contribution in [1.82, 2.24) is 5.32 Å². The summed E-state index contributed by atoms with van der Waals surface area (Å²) >= 11 is 0. The van der Waals surface area contributed by atoms with Gasteiger partial charge < -0.3 is 5.32 Å².